The zero-order valence-corrected chi connectivity index (χ0v) is 13.3. The second-order valence-electron chi connectivity index (χ2n) is 6.25. The van der Waals surface area contributed by atoms with Gasteiger partial charge in [-0.3, -0.25) is 4.90 Å². The standard InChI is InChI=1S/C16H28N2O2/c1-5-6-8-11-18-12-9-7-10-14(18)13-17-15(19)20-16(2,3)4/h14H,7-13H2,1-4H3,(H,17,19)/t14-/m0/s1. The van der Waals surface area contributed by atoms with Crippen LogP contribution in [0, 0.1) is 11.8 Å². The minimum Gasteiger partial charge on any atom is -0.444 e. The smallest absolute Gasteiger partial charge is 0.407 e. The Bertz CT molecular complexity index is 363. The van der Waals surface area contributed by atoms with Crippen LogP contribution in [0.4, 0.5) is 4.79 Å². The van der Waals surface area contributed by atoms with E-state index in [9.17, 15) is 4.79 Å². The molecule has 1 fully saturated rings. The van der Waals surface area contributed by atoms with E-state index in [1.165, 1.54) is 12.8 Å². The van der Waals surface area contributed by atoms with Gasteiger partial charge in [-0.25, -0.2) is 4.79 Å². The van der Waals surface area contributed by atoms with Crippen molar-refractivity contribution in [3.8, 4) is 11.8 Å². The van der Waals surface area contributed by atoms with Crippen molar-refractivity contribution in [2.45, 2.75) is 65.0 Å². The van der Waals surface area contributed by atoms with Gasteiger partial charge in [0, 0.05) is 25.6 Å². The summed E-state index contributed by atoms with van der Waals surface area (Å²) >= 11 is 0. The number of hydrogen-bond donors (Lipinski definition) is 1. The average Bonchev–Trinajstić information content (AvgIpc) is 2.36. The molecule has 1 heterocycles. The van der Waals surface area contributed by atoms with Gasteiger partial charge >= 0.3 is 6.09 Å². The first-order valence-corrected chi connectivity index (χ1v) is 7.53. The third-order valence-corrected chi connectivity index (χ3v) is 3.33. The summed E-state index contributed by atoms with van der Waals surface area (Å²) in [6.45, 7) is 10.3. The minimum atomic E-state index is -0.437. The summed E-state index contributed by atoms with van der Waals surface area (Å²) < 4.78 is 5.27. The number of amides is 1. The largest absolute Gasteiger partial charge is 0.444 e. The maximum atomic E-state index is 11.7. The molecule has 1 rings (SSSR count). The Morgan fingerprint density at radius 2 is 2.15 bits per heavy atom. The van der Waals surface area contributed by atoms with Crippen LogP contribution in [-0.2, 0) is 4.74 Å². The number of hydrogen-bond acceptors (Lipinski definition) is 3. The van der Waals surface area contributed by atoms with E-state index in [-0.39, 0.29) is 6.09 Å². The summed E-state index contributed by atoms with van der Waals surface area (Å²) in [5.41, 5.74) is -0.437. The van der Waals surface area contributed by atoms with Crippen LogP contribution in [0.15, 0.2) is 0 Å². The first-order valence-electron chi connectivity index (χ1n) is 7.53. The molecule has 114 valence electrons. The molecule has 4 nitrogen and oxygen atoms in total. The van der Waals surface area contributed by atoms with Crippen LogP contribution in [0.5, 0.6) is 0 Å². The SMILES string of the molecule is CC#CCCN1CCCC[C@H]1CNC(=O)OC(C)(C)C. The molecule has 0 unspecified atom stereocenters. The minimum absolute atomic E-state index is 0.323. The molecule has 1 atom stereocenters. The fourth-order valence-electron chi connectivity index (χ4n) is 2.43. The highest BCUT2D eigenvalue weighted by molar-refractivity contribution is 5.67. The lowest BCUT2D eigenvalue weighted by Crippen LogP contribution is -2.47. The van der Waals surface area contributed by atoms with Gasteiger partial charge < -0.3 is 10.1 Å². The van der Waals surface area contributed by atoms with E-state index in [4.69, 9.17) is 4.74 Å². The van der Waals surface area contributed by atoms with Crippen molar-refractivity contribution in [1.29, 1.82) is 0 Å². The number of alkyl carbamates (subject to hydrolysis) is 1. The van der Waals surface area contributed by atoms with Crippen LogP contribution >= 0.6 is 0 Å². The maximum Gasteiger partial charge on any atom is 0.407 e. The third-order valence-electron chi connectivity index (χ3n) is 3.33. The lowest BCUT2D eigenvalue weighted by atomic mass is 10.0. The normalized spacial score (nSPS) is 19.9. The third kappa shape index (κ3) is 6.81. The molecular formula is C16H28N2O2. The molecule has 4 heteroatoms. The Hall–Kier alpha value is -1.21. The summed E-state index contributed by atoms with van der Waals surface area (Å²) in [4.78, 5) is 14.1. The summed E-state index contributed by atoms with van der Waals surface area (Å²) in [5, 5.41) is 2.89. The van der Waals surface area contributed by atoms with Crippen LogP contribution < -0.4 is 5.32 Å². The average molecular weight is 280 g/mol. The Balaban J connectivity index is 2.37. The number of piperidine rings is 1. The van der Waals surface area contributed by atoms with Crippen LogP contribution in [0.1, 0.15) is 53.4 Å². The molecule has 1 saturated heterocycles. The Morgan fingerprint density at radius 1 is 1.40 bits per heavy atom. The van der Waals surface area contributed by atoms with E-state index >= 15 is 0 Å². The number of nitrogens with zero attached hydrogens (tertiary/aromatic N) is 1. The second kappa shape index (κ2) is 8.16. The van der Waals surface area contributed by atoms with Gasteiger partial charge in [0.15, 0.2) is 0 Å². The van der Waals surface area contributed by atoms with E-state index in [1.54, 1.807) is 0 Å². The molecule has 0 aromatic heterocycles. The molecule has 0 saturated carbocycles. The van der Waals surface area contributed by atoms with Crippen molar-refractivity contribution in [2.24, 2.45) is 0 Å². The zero-order valence-electron chi connectivity index (χ0n) is 13.3. The summed E-state index contributed by atoms with van der Waals surface area (Å²) in [5.74, 6) is 6.04. The second-order valence-corrected chi connectivity index (χ2v) is 6.25. The summed E-state index contributed by atoms with van der Waals surface area (Å²) in [6.07, 6.45) is 4.19. The molecule has 20 heavy (non-hydrogen) atoms. The summed E-state index contributed by atoms with van der Waals surface area (Å²) in [7, 11) is 0. The van der Waals surface area contributed by atoms with Gasteiger partial charge in [0.2, 0.25) is 0 Å². The number of nitrogens with one attached hydrogen (secondary N) is 1. The summed E-state index contributed by atoms with van der Waals surface area (Å²) in [6, 6.07) is 0.412. The Kier molecular flexibility index (Phi) is 6.87. The number of carbonyl (C=O) groups is 1. The van der Waals surface area contributed by atoms with Crippen LogP contribution in [0.3, 0.4) is 0 Å². The number of rotatable bonds is 4. The predicted molar refractivity (Wildman–Crippen MR) is 81.5 cm³/mol. The van der Waals surface area contributed by atoms with Crippen LogP contribution in [-0.4, -0.2) is 42.3 Å². The van der Waals surface area contributed by atoms with Crippen LogP contribution in [0.2, 0.25) is 0 Å². The van der Waals surface area contributed by atoms with E-state index in [0.717, 1.165) is 25.9 Å². The van der Waals surface area contributed by atoms with E-state index in [1.807, 2.05) is 27.7 Å². The number of carbonyl (C=O) groups excluding carboxylic acids is 1. The molecule has 1 aliphatic heterocycles. The molecular weight excluding hydrogens is 252 g/mol. The van der Waals surface area contributed by atoms with Gasteiger partial charge in [0.25, 0.3) is 0 Å². The molecule has 0 aliphatic carbocycles. The van der Waals surface area contributed by atoms with Crippen molar-refractivity contribution < 1.29 is 9.53 Å². The van der Waals surface area contributed by atoms with Crippen LogP contribution in [0.25, 0.3) is 0 Å². The lowest BCUT2D eigenvalue weighted by molar-refractivity contribution is 0.0496. The molecule has 1 aliphatic rings. The van der Waals surface area contributed by atoms with Gasteiger partial charge in [0.1, 0.15) is 5.60 Å². The molecule has 0 spiro atoms. The Labute approximate surface area is 123 Å². The van der Waals surface area contributed by atoms with E-state index in [2.05, 4.69) is 22.1 Å². The first-order chi connectivity index (χ1) is 9.42. The molecule has 1 amide bonds. The van der Waals surface area contributed by atoms with Crippen molar-refractivity contribution in [3.63, 3.8) is 0 Å². The molecule has 0 bridgehead atoms. The van der Waals surface area contributed by atoms with Gasteiger partial charge in [-0.05, 0) is 47.1 Å². The topological polar surface area (TPSA) is 41.6 Å². The van der Waals surface area contributed by atoms with E-state index < -0.39 is 5.60 Å². The van der Waals surface area contributed by atoms with Gasteiger partial charge in [-0.2, -0.15) is 0 Å². The highest BCUT2D eigenvalue weighted by Crippen LogP contribution is 2.16. The predicted octanol–water partition coefficient (Wildman–Crippen LogP) is 2.78. The first kappa shape index (κ1) is 16.8. The highest BCUT2D eigenvalue weighted by Gasteiger charge is 2.23. The molecule has 0 aromatic carbocycles. The fourth-order valence-corrected chi connectivity index (χ4v) is 2.43. The quantitative estimate of drug-likeness (QED) is 0.805. The van der Waals surface area contributed by atoms with Gasteiger partial charge in [-0.15, -0.1) is 11.8 Å². The number of ether oxygens (including phenoxy) is 1. The van der Waals surface area contributed by atoms with Crippen molar-refractivity contribution in [3.05, 3.63) is 0 Å². The lowest BCUT2D eigenvalue weighted by Gasteiger charge is -2.35. The van der Waals surface area contributed by atoms with E-state index in [0.29, 0.717) is 12.6 Å². The zero-order chi connectivity index (χ0) is 15.0. The van der Waals surface area contributed by atoms with Crippen molar-refractivity contribution in [1.82, 2.24) is 10.2 Å². The van der Waals surface area contributed by atoms with Crippen molar-refractivity contribution in [2.75, 3.05) is 19.6 Å². The molecule has 1 N–H and O–H groups in total. The number of likely N-dealkylation sites (tertiary alicyclic amines) is 1. The maximum absolute atomic E-state index is 11.7. The monoisotopic (exact) mass is 280 g/mol. The Morgan fingerprint density at radius 3 is 2.80 bits per heavy atom. The molecule has 0 radical (unpaired) electrons. The fraction of sp³-hybridized carbons (Fsp3) is 0.812. The van der Waals surface area contributed by atoms with Gasteiger partial charge in [-0.1, -0.05) is 6.42 Å². The highest BCUT2D eigenvalue weighted by atomic mass is 16.6. The molecule has 0 aromatic rings. The van der Waals surface area contributed by atoms with Crippen molar-refractivity contribution >= 4 is 6.09 Å². The van der Waals surface area contributed by atoms with Gasteiger partial charge in [0.05, 0.1) is 0 Å².